The fourth-order valence-electron chi connectivity index (χ4n) is 3.03. The zero-order valence-electron chi connectivity index (χ0n) is 18.1. The number of nitrogens with one attached hydrogen (secondary N) is 1. The van der Waals surface area contributed by atoms with Crippen molar-refractivity contribution in [2.24, 2.45) is 5.10 Å². The van der Waals surface area contributed by atoms with Crippen LogP contribution in [0.3, 0.4) is 0 Å². The monoisotopic (exact) mass is 546 g/mol. The number of hydrogen-bond donors (Lipinski definition) is 1. The minimum absolute atomic E-state index is 0.295. The highest BCUT2D eigenvalue weighted by molar-refractivity contribution is 7.21. The number of rotatable bonds is 7. The number of carbonyl (C=O) groups is 2. The van der Waals surface area contributed by atoms with E-state index >= 15 is 0 Å². The zero-order valence-corrected chi connectivity index (χ0v) is 21.2. The van der Waals surface area contributed by atoms with E-state index < -0.39 is 18.0 Å². The second kappa shape index (κ2) is 11.1. The molecule has 10 heteroatoms. The van der Waals surface area contributed by atoms with Gasteiger partial charge in [0.2, 0.25) is 0 Å². The molecule has 1 N–H and O–H groups in total. The highest BCUT2D eigenvalue weighted by Gasteiger charge is 2.19. The Bertz CT molecular complexity index is 1440. The molecule has 3 aromatic carbocycles. The standard InChI is InChI=1S/C25H17Cl3N2O4S/c1-14(33-20-10-9-16(26)12-19(20)27)24(31)30-29-13-15-5-4-6-17(11-15)34-25(32)23-22(28)18-7-2-3-8-21(18)35-23/h2-14H,1H3,(H,30,31)/b29-13+. The van der Waals surface area contributed by atoms with Gasteiger partial charge in [-0.3, -0.25) is 4.79 Å². The maximum atomic E-state index is 12.7. The van der Waals surface area contributed by atoms with E-state index in [1.807, 2.05) is 24.3 Å². The van der Waals surface area contributed by atoms with Crippen molar-refractivity contribution in [2.45, 2.75) is 13.0 Å². The van der Waals surface area contributed by atoms with Crippen molar-refractivity contribution >= 4 is 74.3 Å². The minimum atomic E-state index is -0.857. The van der Waals surface area contributed by atoms with Gasteiger partial charge in [-0.1, -0.05) is 65.1 Å². The van der Waals surface area contributed by atoms with E-state index in [2.05, 4.69) is 10.5 Å². The van der Waals surface area contributed by atoms with Crippen LogP contribution in [0.5, 0.6) is 11.5 Å². The number of hydrogen-bond acceptors (Lipinski definition) is 6. The van der Waals surface area contributed by atoms with E-state index in [9.17, 15) is 9.59 Å². The van der Waals surface area contributed by atoms with Gasteiger partial charge < -0.3 is 9.47 Å². The largest absolute Gasteiger partial charge is 0.479 e. The van der Waals surface area contributed by atoms with Crippen molar-refractivity contribution in [3.63, 3.8) is 0 Å². The number of hydrazone groups is 1. The molecule has 1 amide bonds. The molecule has 0 spiro atoms. The van der Waals surface area contributed by atoms with Gasteiger partial charge in [-0.2, -0.15) is 5.10 Å². The van der Waals surface area contributed by atoms with Gasteiger partial charge in [0, 0.05) is 15.1 Å². The summed E-state index contributed by atoms with van der Waals surface area (Å²) in [5.74, 6) is -0.386. The fourth-order valence-corrected chi connectivity index (χ4v) is 4.87. The molecule has 4 rings (SSSR count). The Balaban J connectivity index is 1.36. The summed E-state index contributed by atoms with van der Waals surface area (Å²) in [7, 11) is 0. The first kappa shape index (κ1) is 25.0. The van der Waals surface area contributed by atoms with E-state index in [0.717, 1.165) is 10.1 Å². The number of carbonyl (C=O) groups excluding carboxylic acids is 2. The lowest BCUT2D eigenvalue weighted by Gasteiger charge is -2.14. The normalized spacial score (nSPS) is 12.0. The van der Waals surface area contributed by atoms with Crippen molar-refractivity contribution in [2.75, 3.05) is 0 Å². The first-order valence-electron chi connectivity index (χ1n) is 10.3. The molecule has 0 saturated heterocycles. The molecule has 1 aromatic heterocycles. The summed E-state index contributed by atoms with van der Waals surface area (Å²) in [5.41, 5.74) is 3.01. The summed E-state index contributed by atoms with van der Waals surface area (Å²) in [6, 6.07) is 18.9. The number of benzene rings is 3. The Morgan fingerprint density at radius 3 is 2.60 bits per heavy atom. The summed E-state index contributed by atoms with van der Waals surface area (Å²) in [4.78, 5) is 25.3. The van der Waals surface area contributed by atoms with Gasteiger partial charge in [0.05, 0.1) is 16.3 Å². The molecule has 0 aliphatic carbocycles. The third-order valence-electron chi connectivity index (χ3n) is 4.74. The Kier molecular flexibility index (Phi) is 7.93. The van der Waals surface area contributed by atoms with Crippen LogP contribution in [0.1, 0.15) is 22.2 Å². The maximum Gasteiger partial charge on any atom is 0.355 e. The number of fused-ring (bicyclic) bond motifs is 1. The van der Waals surface area contributed by atoms with E-state index in [4.69, 9.17) is 44.3 Å². The van der Waals surface area contributed by atoms with Gasteiger partial charge in [0.25, 0.3) is 5.91 Å². The van der Waals surface area contributed by atoms with Gasteiger partial charge in [0.1, 0.15) is 16.4 Å². The summed E-state index contributed by atoms with van der Waals surface area (Å²) in [5, 5.41) is 5.87. The number of nitrogens with zero attached hydrogens (tertiary/aromatic N) is 1. The van der Waals surface area contributed by atoms with Crippen LogP contribution < -0.4 is 14.9 Å². The number of ether oxygens (including phenoxy) is 2. The van der Waals surface area contributed by atoms with E-state index in [1.165, 1.54) is 23.6 Å². The average molecular weight is 548 g/mol. The van der Waals surface area contributed by atoms with E-state index in [1.54, 1.807) is 43.3 Å². The van der Waals surface area contributed by atoms with Crippen molar-refractivity contribution in [3.05, 3.63) is 92.2 Å². The van der Waals surface area contributed by atoms with Crippen LogP contribution in [-0.4, -0.2) is 24.2 Å². The van der Waals surface area contributed by atoms with Crippen LogP contribution in [0.4, 0.5) is 0 Å². The topological polar surface area (TPSA) is 77.0 Å². The molecule has 0 fully saturated rings. The number of halogens is 3. The van der Waals surface area contributed by atoms with Crippen molar-refractivity contribution < 1.29 is 19.1 Å². The molecule has 6 nitrogen and oxygen atoms in total. The third-order valence-corrected chi connectivity index (χ3v) is 6.93. The lowest BCUT2D eigenvalue weighted by atomic mass is 10.2. The third kappa shape index (κ3) is 6.13. The van der Waals surface area contributed by atoms with E-state index in [0.29, 0.717) is 37.0 Å². The molecule has 0 bridgehead atoms. The molecule has 0 saturated carbocycles. The molecule has 1 heterocycles. The number of amides is 1. The van der Waals surface area contributed by atoms with Gasteiger partial charge in [-0.05, 0) is 48.9 Å². The molecular formula is C25H17Cl3N2O4S. The lowest BCUT2D eigenvalue weighted by Crippen LogP contribution is -2.33. The molecule has 0 radical (unpaired) electrons. The summed E-state index contributed by atoms with van der Waals surface area (Å²) in [6.45, 7) is 1.56. The van der Waals surface area contributed by atoms with Gasteiger partial charge in [0.15, 0.2) is 6.10 Å². The number of thiophene rings is 1. The highest BCUT2D eigenvalue weighted by Crippen LogP contribution is 2.35. The molecular weight excluding hydrogens is 531 g/mol. The second-order valence-electron chi connectivity index (χ2n) is 7.27. The predicted molar refractivity (Wildman–Crippen MR) is 141 cm³/mol. The van der Waals surface area contributed by atoms with Crippen molar-refractivity contribution in [3.8, 4) is 11.5 Å². The van der Waals surface area contributed by atoms with Crippen LogP contribution in [0.25, 0.3) is 10.1 Å². The molecule has 35 heavy (non-hydrogen) atoms. The van der Waals surface area contributed by atoms with Crippen LogP contribution in [0.15, 0.2) is 71.8 Å². The Morgan fingerprint density at radius 2 is 1.83 bits per heavy atom. The quantitative estimate of drug-likeness (QED) is 0.117. The first-order valence-corrected chi connectivity index (χ1v) is 12.2. The lowest BCUT2D eigenvalue weighted by molar-refractivity contribution is -0.127. The predicted octanol–water partition coefficient (Wildman–Crippen LogP) is 7.00. The molecule has 4 aromatic rings. The van der Waals surface area contributed by atoms with Gasteiger partial charge in [-0.15, -0.1) is 11.3 Å². The fraction of sp³-hybridized carbons (Fsp3) is 0.0800. The van der Waals surface area contributed by atoms with Crippen molar-refractivity contribution in [1.82, 2.24) is 5.43 Å². The number of esters is 1. The molecule has 1 unspecified atom stereocenters. The molecule has 1 atom stereocenters. The second-order valence-corrected chi connectivity index (χ2v) is 9.55. The average Bonchev–Trinajstić information content (AvgIpc) is 3.18. The van der Waals surface area contributed by atoms with Crippen molar-refractivity contribution in [1.29, 1.82) is 0 Å². The molecule has 0 aliphatic rings. The molecule has 0 aliphatic heterocycles. The van der Waals surface area contributed by atoms with Crippen LogP contribution >= 0.6 is 46.1 Å². The van der Waals surface area contributed by atoms with Crippen LogP contribution in [0, 0.1) is 0 Å². The smallest absolute Gasteiger partial charge is 0.355 e. The van der Waals surface area contributed by atoms with Gasteiger partial charge in [-0.25, -0.2) is 10.2 Å². The van der Waals surface area contributed by atoms with E-state index in [-0.39, 0.29) is 0 Å². The maximum absolute atomic E-state index is 12.7. The van der Waals surface area contributed by atoms with Crippen LogP contribution in [0.2, 0.25) is 15.1 Å². The SMILES string of the molecule is CC(Oc1ccc(Cl)cc1Cl)C(=O)N/N=C/c1cccc(OC(=O)c2sc3ccccc3c2Cl)c1. The first-order chi connectivity index (χ1) is 16.8. The Labute approximate surface area is 220 Å². The summed E-state index contributed by atoms with van der Waals surface area (Å²) >= 11 is 19.6. The van der Waals surface area contributed by atoms with Crippen LogP contribution in [-0.2, 0) is 4.79 Å². The Morgan fingerprint density at radius 1 is 1.03 bits per heavy atom. The zero-order chi connectivity index (χ0) is 24.9. The molecule has 178 valence electrons. The summed E-state index contributed by atoms with van der Waals surface area (Å²) in [6.07, 6.45) is 0.563. The highest BCUT2D eigenvalue weighted by atomic mass is 35.5. The minimum Gasteiger partial charge on any atom is -0.479 e. The summed E-state index contributed by atoms with van der Waals surface area (Å²) < 4.78 is 12.0. The Hall–Kier alpha value is -3.10. The van der Waals surface area contributed by atoms with Gasteiger partial charge >= 0.3 is 5.97 Å².